The van der Waals surface area contributed by atoms with Crippen molar-refractivity contribution in [3.05, 3.63) is 54.1 Å². The van der Waals surface area contributed by atoms with E-state index in [0.717, 1.165) is 50.5 Å². The van der Waals surface area contributed by atoms with Gasteiger partial charge in [-0.2, -0.15) is 0 Å². The molecule has 1 aliphatic heterocycles. The first-order valence-electron chi connectivity index (χ1n) is 9.76. The van der Waals surface area contributed by atoms with E-state index in [9.17, 15) is 4.79 Å². The Hall–Kier alpha value is -2.53. The zero-order valence-corrected chi connectivity index (χ0v) is 15.8. The molecule has 27 heavy (non-hydrogen) atoms. The predicted molar refractivity (Wildman–Crippen MR) is 107 cm³/mol. The normalized spacial score (nSPS) is 16.9. The van der Waals surface area contributed by atoms with Crippen molar-refractivity contribution >= 4 is 17.3 Å². The highest BCUT2D eigenvalue weighted by Gasteiger charge is 2.35. The summed E-state index contributed by atoms with van der Waals surface area (Å²) in [7, 11) is 0. The number of nitrogens with zero attached hydrogens (tertiary/aromatic N) is 2. The summed E-state index contributed by atoms with van der Waals surface area (Å²) < 4.78 is 11.3. The second-order valence-corrected chi connectivity index (χ2v) is 6.95. The number of para-hydroxylation sites is 1. The third-order valence-electron chi connectivity index (χ3n) is 5.04. The van der Waals surface area contributed by atoms with Crippen LogP contribution >= 0.6 is 0 Å². The molecule has 0 spiro atoms. The molecule has 0 aromatic heterocycles. The molecule has 142 valence electrons. The summed E-state index contributed by atoms with van der Waals surface area (Å²) in [5, 5.41) is 0. The number of carbonyl (C=O) groups excluding carboxylic acids is 1. The number of morpholine rings is 1. The van der Waals surface area contributed by atoms with Gasteiger partial charge in [-0.3, -0.25) is 4.79 Å². The largest absolute Gasteiger partial charge is 0.493 e. The van der Waals surface area contributed by atoms with Gasteiger partial charge in [-0.1, -0.05) is 18.2 Å². The Morgan fingerprint density at radius 1 is 1.15 bits per heavy atom. The van der Waals surface area contributed by atoms with Crippen molar-refractivity contribution in [3.63, 3.8) is 0 Å². The second kappa shape index (κ2) is 8.01. The molecule has 0 unspecified atom stereocenters. The van der Waals surface area contributed by atoms with Crippen molar-refractivity contribution in [1.29, 1.82) is 0 Å². The SMILES string of the molecule is CCOc1cc(N2CCOCC2)ccc1C(=O)N(c1ccccc1)C1CC1. The van der Waals surface area contributed by atoms with Crippen molar-refractivity contribution in [2.24, 2.45) is 0 Å². The maximum atomic E-state index is 13.4. The van der Waals surface area contributed by atoms with Crippen molar-refractivity contribution in [1.82, 2.24) is 0 Å². The lowest BCUT2D eigenvalue weighted by Crippen LogP contribution is -2.36. The highest BCUT2D eigenvalue weighted by molar-refractivity contribution is 6.08. The first kappa shape index (κ1) is 17.9. The van der Waals surface area contributed by atoms with Gasteiger partial charge >= 0.3 is 0 Å². The molecule has 2 aliphatic rings. The summed E-state index contributed by atoms with van der Waals surface area (Å²) in [5.74, 6) is 0.675. The van der Waals surface area contributed by atoms with E-state index in [4.69, 9.17) is 9.47 Å². The average Bonchev–Trinajstić information content (AvgIpc) is 3.55. The Labute approximate surface area is 160 Å². The van der Waals surface area contributed by atoms with Gasteiger partial charge in [-0.25, -0.2) is 0 Å². The molecule has 1 saturated heterocycles. The minimum absolute atomic E-state index is 0.0145. The molecule has 0 bridgehead atoms. The van der Waals surface area contributed by atoms with E-state index in [-0.39, 0.29) is 11.9 Å². The topological polar surface area (TPSA) is 42.0 Å². The van der Waals surface area contributed by atoms with E-state index < -0.39 is 0 Å². The Bertz CT molecular complexity index is 783. The predicted octanol–water partition coefficient (Wildman–Crippen LogP) is 3.73. The molecule has 2 fully saturated rings. The molecule has 1 aliphatic carbocycles. The number of rotatable bonds is 6. The highest BCUT2D eigenvalue weighted by Crippen LogP contribution is 2.35. The van der Waals surface area contributed by atoms with E-state index in [0.29, 0.717) is 17.9 Å². The number of ether oxygens (including phenoxy) is 2. The standard InChI is InChI=1S/C22H26N2O3/c1-2-27-21-16-19(23-12-14-26-15-13-23)10-11-20(21)22(25)24(18-8-9-18)17-6-4-3-5-7-17/h3-7,10-11,16,18H,2,8-9,12-15H2,1H3. The summed E-state index contributed by atoms with van der Waals surface area (Å²) >= 11 is 0. The molecule has 0 N–H and O–H groups in total. The van der Waals surface area contributed by atoms with Crippen LogP contribution < -0.4 is 14.5 Å². The Morgan fingerprint density at radius 2 is 1.89 bits per heavy atom. The number of carbonyl (C=O) groups is 1. The molecule has 4 rings (SSSR count). The first-order chi connectivity index (χ1) is 13.3. The lowest BCUT2D eigenvalue weighted by atomic mass is 10.1. The van der Waals surface area contributed by atoms with Gasteiger partial charge in [0.1, 0.15) is 5.75 Å². The fourth-order valence-corrected chi connectivity index (χ4v) is 3.53. The highest BCUT2D eigenvalue weighted by atomic mass is 16.5. The molecule has 2 aromatic carbocycles. The number of amides is 1. The molecular formula is C22H26N2O3. The van der Waals surface area contributed by atoms with Gasteiger partial charge in [0, 0.05) is 36.6 Å². The average molecular weight is 366 g/mol. The second-order valence-electron chi connectivity index (χ2n) is 6.95. The fourth-order valence-electron chi connectivity index (χ4n) is 3.53. The summed E-state index contributed by atoms with van der Waals surface area (Å²) in [6, 6.07) is 16.1. The van der Waals surface area contributed by atoms with Crippen LogP contribution in [0.15, 0.2) is 48.5 Å². The van der Waals surface area contributed by atoms with Gasteiger partial charge in [0.05, 0.1) is 25.4 Å². The summed E-state index contributed by atoms with van der Waals surface area (Å²) in [5.41, 5.74) is 2.66. The number of benzene rings is 2. The summed E-state index contributed by atoms with van der Waals surface area (Å²) in [6.45, 7) is 5.66. The van der Waals surface area contributed by atoms with Gasteiger partial charge in [-0.05, 0) is 44.0 Å². The molecule has 1 heterocycles. The van der Waals surface area contributed by atoms with Gasteiger partial charge in [-0.15, -0.1) is 0 Å². The number of hydrogen-bond donors (Lipinski definition) is 0. The van der Waals surface area contributed by atoms with Gasteiger partial charge < -0.3 is 19.3 Å². The number of anilines is 2. The monoisotopic (exact) mass is 366 g/mol. The van der Waals surface area contributed by atoms with Crippen molar-refractivity contribution in [2.45, 2.75) is 25.8 Å². The molecule has 0 atom stereocenters. The quantitative estimate of drug-likeness (QED) is 0.781. The van der Waals surface area contributed by atoms with Crippen molar-refractivity contribution < 1.29 is 14.3 Å². The van der Waals surface area contributed by atoms with E-state index in [2.05, 4.69) is 4.90 Å². The van der Waals surface area contributed by atoms with E-state index in [1.807, 2.05) is 60.4 Å². The van der Waals surface area contributed by atoms with Gasteiger partial charge in [0.15, 0.2) is 0 Å². The number of hydrogen-bond acceptors (Lipinski definition) is 4. The van der Waals surface area contributed by atoms with Crippen LogP contribution in [0, 0.1) is 0 Å². The minimum atomic E-state index is 0.0145. The third-order valence-corrected chi connectivity index (χ3v) is 5.04. The molecular weight excluding hydrogens is 340 g/mol. The van der Waals surface area contributed by atoms with Crippen LogP contribution in [0.2, 0.25) is 0 Å². The molecule has 5 nitrogen and oxygen atoms in total. The van der Waals surface area contributed by atoms with Crippen LogP contribution in [0.4, 0.5) is 11.4 Å². The summed E-state index contributed by atoms with van der Waals surface area (Å²) in [4.78, 5) is 17.6. The molecule has 5 heteroatoms. The third kappa shape index (κ3) is 3.93. The molecule has 1 saturated carbocycles. The van der Waals surface area contributed by atoms with E-state index in [1.165, 1.54) is 0 Å². The molecule has 0 radical (unpaired) electrons. The van der Waals surface area contributed by atoms with Crippen LogP contribution in [0.25, 0.3) is 0 Å². The zero-order chi connectivity index (χ0) is 18.6. The molecule has 1 amide bonds. The first-order valence-corrected chi connectivity index (χ1v) is 9.76. The summed E-state index contributed by atoms with van der Waals surface area (Å²) in [6.07, 6.45) is 2.10. The zero-order valence-electron chi connectivity index (χ0n) is 15.8. The lowest BCUT2D eigenvalue weighted by Gasteiger charge is -2.30. The Kier molecular flexibility index (Phi) is 5.30. The van der Waals surface area contributed by atoms with Crippen LogP contribution in [0.1, 0.15) is 30.1 Å². The van der Waals surface area contributed by atoms with Crippen molar-refractivity contribution in [3.8, 4) is 5.75 Å². The maximum absolute atomic E-state index is 13.4. The Balaban J connectivity index is 1.65. The fraction of sp³-hybridized carbons (Fsp3) is 0.409. The Morgan fingerprint density at radius 3 is 2.56 bits per heavy atom. The van der Waals surface area contributed by atoms with Crippen LogP contribution in [0.3, 0.4) is 0 Å². The van der Waals surface area contributed by atoms with E-state index in [1.54, 1.807) is 0 Å². The van der Waals surface area contributed by atoms with Gasteiger partial charge in [0.2, 0.25) is 0 Å². The van der Waals surface area contributed by atoms with Crippen molar-refractivity contribution in [2.75, 3.05) is 42.7 Å². The molecule has 2 aromatic rings. The van der Waals surface area contributed by atoms with E-state index >= 15 is 0 Å². The van der Waals surface area contributed by atoms with Crippen LogP contribution in [0.5, 0.6) is 5.75 Å². The van der Waals surface area contributed by atoms with Crippen LogP contribution in [-0.2, 0) is 4.74 Å². The van der Waals surface area contributed by atoms with Crippen LogP contribution in [-0.4, -0.2) is 44.9 Å². The lowest BCUT2D eigenvalue weighted by molar-refractivity contribution is 0.0981. The van der Waals surface area contributed by atoms with Gasteiger partial charge in [0.25, 0.3) is 5.91 Å². The minimum Gasteiger partial charge on any atom is -0.493 e. The maximum Gasteiger partial charge on any atom is 0.262 e. The smallest absolute Gasteiger partial charge is 0.262 e.